The summed E-state index contributed by atoms with van der Waals surface area (Å²) >= 11 is 0. The molecule has 1 aromatic carbocycles. The van der Waals surface area contributed by atoms with Crippen LogP contribution in [0.4, 0.5) is 5.69 Å². The van der Waals surface area contributed by atoms with Crippen LogP contribution < -0.4 is 10.6 Å². The number of anilines is 1. The Bertz CT molecular complexity index is 763. The van der Waals surface area contributed by atoms with Crippen molar-refractivity contribution in [3.63, 3.8) is 0 Å². The van der Waals surface area contributed by atoms with Crippen molar-refractivity contribution >= 4 is 23.4 Å². The van der Waals surface area contributed by atoms with Gasteiger partial charge in [-0.05, 0) is 43.9 Å². The second kappa shape index (κ2) is 8.97. The van der Waals surface area contributed by atoms with E-state index in [4.69, 9.17) is 0 Å². The third-order valence-electron chi connectivity index (χ3n) is 5.83. The number of nitrogens with zero attached hydrogens (tertiary/aromatic N) is 1. The molecule has 1 aliphatic carbocycles. The van der Waals surface area contributed by atoms with Crippen molar-refractivity contribution in [2.24, 2.45) is 11.3 Å². The van der Waals surface area contributed by atoms with E-state index in [1.54, 1.807) is 29.2 Å². The SMILES string of the molecule is CC(C)(C)C(=O)Nc1cccc(C(=O)N2CCCC(C(=O)NC3CCCC3)C2)c1. The summed E-state index contributed by atoms with van der Waals surface area (Å²) in [6.45, 7) is 6.66. The summed E-state index contributed by atoms with van der Waals surface area (Å²) in [5.41, 5.74) is 0.643. The average Bonchev–Trinajstić information content (AvgIpc) is 3.20. The molecule has 0 aromatic heterocycles. The minimum Gasteiger partial charge on any atom is -0.353 e. The Balaban J connectivity index is 1.62. The van der Waals surface area contributed by atoms with Crippen LogP contribution in [0.25, 0.3) is 0 Å². The number of carbonyl (C=O) groups excluding carboxylic acids is 3. The minimum atomic E-state index is -0.507. The molecule has 1 aliphatic heterocycles. The van der Waals surface area contributed by atoms with Gasteiger partial charge in [-0.3, -0.25) is 14.4 Å². The van der Waals surface area contributed by atoms with E-state index in [1.807, 2.05) is 20.8 Å². The molecule has 3 amide bonds. The standard InChI is InChI=1S/C23H33N3O3/c1-23(2,3)22(29)25-19-12-6-8-16(14-19)21(28)26-13-7-9-17(15-26)20(27)24-18-10-4-5-11-18/h6,8,12,14,17-18H,4-5,7,9-11,13,15H2,1-3H3,(H,24,27)(H,25,29). The van der Waals surface area contributed by atoms with Crippen molar-refractivity contribution in [1.82, 2.24) is 10.2 Å². The Labute approximate surface area is 173 Å². The molecule has 158 valence electrons. The largest absolute Gasteiger partial charge is 0.353 e. The van der Waals surface area contributed by atoms with E-state index in [0.29, 0.717) is 30.4 Å². The average molecular weight is 400 g/mol. The summed E-state index contributed by atoms with van der Waals surface area (Å²) < 4.78 is 0. The normalized spacial score (nSPS) is 20.4. The molecular weight excluding hydrogens is 366 g/mol. The first-order valence-electron chi connectivity index (χ1n) is 10.8. The van der Waals surface area contributed by atoms with Gasteiger partial charge in [-0.1, -0.05) is 39.7 Å². The molecule has 0 bridgehead atoms. The topological polar surface area (TPSA) is 78.5 Å². The molecule has 1 heterocycles. The summed E-state index contributed by atoms with van der Waals surface area (Å²) in [4.78, 5) is 39.7. The van der Waals surface area contributed by atoms with Crippen molar-refractivity contribution in [2.45, 2.75) is 65.3 Å². The van der Waals surface area contributed by atoms with E-state index in [-0.39, 0.29) is 23.6 Å². The lowest BCUT2D eigenvalue weighted by Gasteiger charge is -2.32. The van der Waals surface area contributed by atoms with Crippen LogP contribution in [0.3, 0.4) is 0 Å². The monoisotopic (exact) mass is 399 g/mol. The van der Waals surface area contributed by atoms with Gasteiger partial charge in [0.05, 0.1) is 5.92 Å². The Morgan fingerprint density at radius 2 is 1.76 bits per heavy atom. The maximum atomic E-state index is 13.0. The molecule has 6 nitrogen and oxygen atoms in total. The number of nitrogens with one attached hydrogen (secondary N) is 2. The van der Waals surface area contributed by atoms with Crippen LogP contribution in [0.15, 0.2) is 24.3 Å². The third-order valence-corrected chi connectivity index (χ3v) is 5.83. The van der Waals surface area contributed by atoms with Crippen LogP contribution in [-0.2, 0) is 9.59 Å². The number of carbonyl (C=O) groups is 3. The molecule has 2 fully saturated rings. The van der Waals surface area contributed by atoms with Gasteiger partial charge in [0, 0.05) is 35.8 Å². The predicted molar refractivity (Wildman–Crippen MR) is 114 cm³/mol. The quantitative estimate of drug-likeness (QED) is 0.812. The smallest absolute Gasteiger partial charge is 0.253 e. The fraction of sp³-hybridized carbons (Fsp3) is 0.609. The second-order valence-electron chi connectivity index (χ2n) is 9.37. The molecule has 0 spiro atoms. The van der Waals surface area contributed by atoms with Crippen LogP contribution in [0, 0.1) is 11.3 Å². The molecule has 1 saturated carbocycles. The number of amides is 3. The molecule has 1 unspecified atom stereocenters. The molecule has 1 saturated heterocycles. The van der Waals surface area contributed by atoms with Crippen molar-refractivity contribution in [1.29, 1.82) is 0 Å². The Morgan fingerprint density at radius 3 is 2.45 bits per heavy atom. The zero-order valence-electron chi connectivity index (χ0n) is 17.8. The molecule has 6 heteroatoms. The van der Waals surface area contributed by atoms with Gasteiger partial charge in [-0.25, -0.2) is 0 Å². The number of piperidine rings is 1. The maximum Gasteiger partial charge on any atom is 0.253 e. The van der Waals surface area contributed by atoms with Crippen molar-refractivity contribution < 1.29 is 14.4 Å². The highest BCUT2D eigenvalue weighted by molar-refractivity contribution is 5.98. The van der Waals surface area contributed by atoms with Gasteiger partial charge in [0.25, 0.3) is 5.91 Å². The molecule has 29 heavy (non-hydrogen) atoms. The van der Waals surface area contributed by atoms with E-state index in [0.717, 1.165) is 25.7 Å². The summed E-state index contributed by atoms with van der Waals surface area (Å²) in [6.07, 6.45) is 6.14. The van der Waals surface area contributed by atoms with Crippen LogP contribution in [-0.4, -0.2) is 41.8 Å². The zero-order valence-corrected chi connectivity index (χ0v) is 17.8. The van der Waals surface area contributed by atoms with E-state index < -0.39 is 5.41 Å². The van der Waals surface area contributed by atoms with E-state index >= 15 is 0 Å². The molecule has 2 aliphatic rings. The summed E-state index contributed by atoms with van der Waals surface area (Å²) in [5, 5.41) is 6.04. The Hall–Kier alpha value is -2.37. The number of hydrogen-bond donors (Lipinski definition) is 2. The number of hydrogen-bond acceptors (Lipinski definition) is 3. The van der Waals surface area contributed by atoms with Crippen molar-refractivity contribution in [2.75, 3.05) is 18.4 Å². The first kappa shape index (κ1) is 21.3. The van der Waals surface area contributed by atoms with Gasteiger partial charge in [0.15, 0.2) is 0 Å². The lowest BCUT2D eigenvalue weighted by Crippen LogP contribution is -2.47. The lowest BCUT2D eigenvalue weighted by atomic mass is 9.95. The van der Waals surface area contributed by atoms with Crippen LogP contribution in [0.1, 0.15) is 69.7 Å². The van der Waals surface area contributed by atoms with Crippen molar-refractivity contribution in [3.05, 3.63) is 29.8 Å². The minimum absolute atomic E-state index is 0.0839. The van der Waals surface area contributed by atoms with Crippen LogP contribution in [0.5, 0.6) is 0 Å². The van der Waals surface area contributed by atoms with Crippen LogP contribution >= 0.6 is 0 Å². The van der Waals surface area contributed by atoms with Gasteiger partial charge < -0.3 is 15.5 Å². The molecular formula is C23H33N3O3. The summed E-state index contributed by atoms with van der Waals surface area (Å²) in [7, 11) is 0. The van der Waals surface area contributed by atoms with E-state index in [1.165, 1.54) is 12.8 Å². The van der Waals surface area contributed by atoms with Gasteiger partial charge in [0.1, 0.15) is 0 Å². The third kappa shape index (κ3) is 5.58. The molecule has 1 aromatic rings. The predicted octanol–water partition coefficient (Wildman–Crippen LogP) is 3.58. The highest BCUT2D eigenvalue weighted by Gasteiger charge is 2.30. The van der Waals surface area contributed by atoms with Crippen LogP contribution in [0.2, 0.25) is 0 Å². The zero-order chi connectivity index (χ0) is 21.0. The Morgan fingerprint density at radius 1 is 1.03 bits per heavy atom. The molecule has 0 radical (unpaired) electrons. The summed E-state index contributed by atoms with van der Waals surface area (Å²) in [6, 6.07) is 7.34. The molecule has 3 rings (SSSR count). The molecule has 2 N–H and O–H groups in total. The first-order valence-corrected chi connectivity index (χ1v) is 10.8. The molecule has 1 atom stereocenters. The number of likely N-dealkylation sites (tertiary alicyclic amines) is 1. The highest BCUT2D eigenvalue weighted by atomic mass is 16.2. The van der Waals surface area contributed by atoms with Gasteiger partial charge in [-0.15, -0.1) is 0 Å². The van der Waals surface area contributed by atoms with E-state index in [9.17, 15) is 14.4 Å². The highest BCUT2D eigenvalue weighted by Crippen LogP contribution is 2.23. The summed E-state index contributed by atoms with van der Waals surface area (Å²) in [5.74, 6) is -0.239. The fourth-order valence-electron chi connectivity index (χ4n) is 4.00. The number of benzene rings is 1. The van der Waals surface area contributed by atoms with Gasteiger partial charge in [-0.2, -0.15) is 0 Å². The first-order chi connectivity index (χ1) is 13.7. The number of rotatable bonds is 4. The van der Waals surface area contributed by atoms with Gasteiger partial charge >= 0.3 is 0 Å². The van der Waals surface area contributed by atoms with Crippen molar-refractivity contribution in [3.8, 4) is 0 Å². The second-order valence-corrected chi connectivity index (χ2v) is 9.37. The fourth-order valence-corrected chi connectivity index (χ4v) is 4.00. The van der Waals surface area contributed by atoms with Gasteiger partial charge in [0.2, 0.25) is 11.8 Å². The Kier molecular flexibility index (Phi) is 6.60. The maximum absolute atomic E-state index is 13.0. The lowest BCUT2D eigenvalue weighted by molar-refractivity contribution is -0.127. The van der Waals surface area contributed by atoms with E-state index in [2.05, 4.69) is 10.6 Å².